The van der Waals surface area contributed by atoms with Gasteiger partial charge in [-0.3, -0.25) is 0 Å². The summed E-state index contributed by atoms with van der Waals surface area (Å²) in [5.74, 6) is 2.69. The first kappa shape index (κ1) is 13.8. The Labute approximate surface area is 135 Å². The first-order chi connectivity index (χ1) is 10.1. The lowest BCUT2D eigenvalue weighted by atomic mass is 9.53. The van der Waals surface area contributed by atoms with Gasteiger partial charge in [-0.15, -0.1) is 0 Å². The lowest BCUT2D eigenvalue weighted by molar-refractivity contribution is 0.00200. The van der Waals surface area contributed by atoms with Crippen LogP contribution in [0.2, 0.25) is 10.0 Å². The van der Waals surface area contributed by atoms with Gasteiger partial charge in [-0.25, -0.2) is 4.99 Å². The van der Waals surface area contributed by atoms with Crippen molar-refractivity contribution in [2.75, 3.05) is 0 Å². The van der Waals surface area contributed by atoms with E-state index < -0.39 is 0 Å². The smallest absolute Gasteiger partial charge is 0.0954 e. The van der Waals surface area contributed by atoms with Crippen LogP contribution in [0.4, 0.5) is 5.69 Å². The van der Waals surface area contributed by atoms with Gasteiger partial charge in [-0.2, -0.15) is 4.99 Å². The molecule has 1 aromatic carbocycles. The SMILES string of the molecule is Clc1ccc(N=C=NC23CC4CC(CC(C4)C2)C3)cc1Cl. The second kappa shape index (κ2) is 5.12. The maximum absolute atomic E-state index is 6.00. The Morgan fingerprint density at radius 2 is 1.57 bits per heavy atom. The highest BCUT2D eigenvalue weighted by atomic mass is 35.5. The van der Waals surface area contributed by atoms with Crippen LogP contribution in [0, 0.1) is 17.8 Å². The van der Waals surface area contributed by atoms with Crippen molar-refractivity contribution >= 4 is 34.9 Å². The Kier molecular flexibility index (Phi) is 3.37. The highest BCUT2D eigenvalue weighted by Gasteiger charge is 2.50. The van der Waals surface area contributed by atoms with Gasteiger partial charge in [0.15, 0.2) is 0 Å². The molecule has 0 N–H and O–H groups in total. The molecule has 1 aromatic rings. The molecule has 4 heteroatoms. The quantitative estimate of drug-likeness (QED) is 0.618. The Balaban J connectivity index is 1.57. The fourth-order valence-corrected chi connectivity index (χ4v) is 5.24. The molecule has 0 aliphatic heterocycles. The van der Waals surface area contributed by atoms with Gasteiger partial charge < -0.3 is 0 Å². The summed E-state index contributed by atoms with van der Waals surface area (Å²) in [6.45, 7) is 0. The summed E-state index contributed by atoms with van der Waals surface area (Å²) in [6.07, 6.45) is 8.00. The van der Waals surface area contributed by atoms with Gasteiger partial charge in [-0.05, 0) is 74.5 Å². The zero-order valence-corrected chi connectivity index (χ0v) is 13.4. The number of rotatable bonds is 2. The van der Waals surface area contributed by atoms with Crippen molar-refractivity contribution in [2.24, 2.45) is 27.7 Å². The fraction of sp³-hybridized carbons (Fsp3) is 0.588. The van der Waals surface area contributed by atoms with E-state index in [1.54, 1.807) is 12.1 Å². The van der Waals surface area contributed by atoms with Crippen molar-refractivity contribution in [1.82, 2.24) is 0 Å². The summed E-state index contributed by atoms with van der Waals surface area (Å²) < 4.78 is 0. The standard InChI is InChI=1S/C17H18Cl2N2/c18-15-2-1-14(6-16(15)19)20-10-21-17-7-11-3-12(8-17)5-13(4-11)9-17/h1-2,6,11-13H,3-5,7-9H2. The van der Waals surface area contributed by atoms with E-state index in [4.69, 9.17) is 28.2 Å². The molecule has 21 heavy (non-hydrogen) atoms. The van der Waals surface area contributed by atoms with Crippen LogP contribution >= 0.6 is 23.2 Å². The van der Waals surface area contributed by atoms with Crippen LogP contribution in [0.1, 0.15) is 38.5 Å². The van der Waals surface area contributed by atoms with Crippen molar-refractivity contribution in [3.63, 3.8) is 0 Å². The van der Waals surface area contributed by atoms with Crippen molar-refractivity contribution in [1.29, 1.82) is 0 Å². The molecule has 4 aliphatic rings. The van der Waals surface area contributed by atoms with E-state index in [1.807, 2.05) is 6.07 Å². The molecule has 0 spiro atoms. The minimum atomic E-state index is 0.133. The van der Waals surface area contributed by atoms with Gasteiger partial charge in [0.05, 0.1) is 27.3 Å². The zero-order chi connectivity index (χ0) is 14.4. The predicted octanol–water partition coefficient (Wildman–Crippen LogP) is 5.77. The normalized spacial score (nSPS) is 36.4. The first-order valence-corrected chi connectivity index (χ1v) is 8.50. The Hall–Kier alpha value is -0.820. The van der Waals surface area contributed by atoms with Crippen molar-refractivity contribution < 1.29 is 0 Å². The third kappa shape index (κ3) is 2.65. The lowest BCUT2D eigenvalue weighted by Crippen LogP contribution is -2.49. The highest BCUT2D eigenvalue weighted by molar-refractivity contribution is 6.42. The van der Waals surface area contributed by atoms with Crippen LogP contribution in [0.15, 0.2) is 28.2 Å². The third-order valence-corrected chi connectivity index (χ3v) is 6.11. The van der Waals surface area contributed by atoms with E-state index in [1.165, 1.54) is 38.5 Å². The molecular weight excluding hydrogens is 303 g/mol. The molecule has 4 saturated carbocycles. The Morgan fingerprint density at radius 3 is 2.14 bits per heavy atom. The second-order valence-corrected chi connectivity index (χ2v) is 7.88. The molecule has 0 radical (unpaired) electrons. The van der Waals surface area contributed by atoms with Gasteiger partial charge in [0.1, 0.15) is 0 Å². The van der Waals surface area contributed by atoms with Crippen molar-refractivity contribution in [2.45, 2.75) is 44.1 Å². The molecule has 110 valence electrons. The number of hydrogen-bond acceptors (Lipinski definition) is 2. The van der Waals surface area contributed by atoms with E-state index in [0.29, 0.717) is 10.0 Å². The summed E-state index contributed by atoms with van der Waals surface area (Å²) in [6, 6.07) is 8.31. The maximum Gasteiger partial charge on any atom is 0.0954 e. The highest BCUT2D eigenvalue weighted by Crippen LogP contribution is 2.57. The topological polar surface area (TPSA) is 24.7 Å². The molecule has 4 bridgehead atoms. The van der Waals surface area contributed by atoms with Gasteiger partial charge in [-0.1, -0.05) is 23.2 Å². The lowest BCUT2D eigenvalue weighted by Gasteiger charge is -2.54. The summed E-state index contributed by atoms with van der Waals surface area (Å²) in [7, 11) is 0. The number of benzene rings is 1. The van der Waals surface area contributed by atoms with Gasteiger partial charge in [0.25, 0.3) is 0 Å². The summed E-state index contributed by atoms with van der Waals surface area (Å²) >= 11 is 11.9. The van der Waals surface area contributed by atoms with Crippen LogP contribution < -0.4 is 0 Å². The van der Waals surface area contributed by atoms with E-state index in [2.05, 4.69) is 11.0 Å². The van der Waals surface area contributed by atoms with E-state index in [0.717, 1.165) is 23.4 Å². The molecular formula is C17H18Cl2N2. The van der Waals surface area contributed by atoms with Crippen LogP contribution in [-0.2, 0) is 0 Å². The molecule has 5 rings (SSSR count). The Bertz CT molecular complexity index is 596. The van der Waals surface area contributed by atoms with E-state index >= 15 is 0 Å². The molecule has 0 amide bonds. The Morgan fingerprint density at radius 1 is 0.952 bits per heavy atom. The fourth-order valence-electron chi connectivity index (χ4n) is 4.95. The molecule has 4 aliphatic carbocycles. The van der Waals surface area contributed by atoms with Crippen LogP contribution in [-0.4, -0.2) is 11.5 Å². The van der Waals surface area contributed by atoms with Crippen molar-refractivity contribution in [3.8, 4) is 0 Å². The molecule has 4 fully saturated rings. The second-order valence-electron chi connectivity index (χ2n) is 7.06. The summed E-state index contributed by atoms with van der Waals surface area (Å²) in [5.41, 5.74) is 0.895. The molecule has 0 heterocycles. The van der Waals surface area contributed by atoms with Gasteiger partial charge in [0, 0.05) is 0 Å². The minimum absolute atomic E-state index is 0.133. The number of hydrogen-bond donors (Lipinski definition) is 0. The predicted molar refractivity (Wildman–Crippen MR) is 86.9 cm³/mol. The molecule has 0 aromatic heterocycles. The monoisotopic (exact) mass is 320 g/mol. The molecule has 2 nitrogen and oxygen atoms in total. The third-order valence-electron chi connectivity index (χ3n) is 5.38. The average Bonchev–Trinajstić information content (AvgIpc) is 2.41. The van der Waals surface area contributed by atoms with Crippen LogP contribution in [0.3, 0.4) is 0 Å². The largest absolute Gasteiger partial charge is 0.219 e. The van der Waals surface area contributed by atoms with Gasteiger partial charge in [0.2, 0.25) is 0 Å². The summed E-state index contributed by atoms with van der Waals surface area (Å²) in [5, 5.41) is 1.07. The molecule has 0 atom stereocenters. The van der Waals surface area contributed by atoms with Gasteiger partial charge >= 0.3 is 0 Å². The van der Waals surface area contributed by atoms with Crippen LogP contribution in [0.5, 0.6) is 0 Å². The number of halogens is 2. The summed E-state index contributed by atoms with van der Waals surface area (Å²) in [4.78, 5) is 9.09. The molecule has 0 saturated heterocycles. The number of nitrogens with zero attached hydrogens (tertiary/aromatic N) is 2. The number of aliphatic imine (C=N–C) groups is 2. The van der Waals surface area contributed by atoms with E-state index in [-0.39, 0.29) is 5.54 Å². The van der Waals surface area contributed by atoms with E-state index in [9.17, 15) is 0 Å². The molecule has 0 unspecified atom stereocenters. The minimum Gasteiger partial charge on any atom is -0.219 e. The van der Waals surface area contributed by atoms with Crippen LogP contribution in [0.25, 0.3) is 0 Å². The first-order valence-electron chi connectivity index (χ1n) is 7.75. The van der Waals surface area contributed by atoms with Crippen molar-refractivity contribution in [3.05, 3.63) is 28.2 Å². The zero-order valence-electron chi connectivity index (χ0n) is 11.9. The average molecular weight is 321 g/mol. The maximum atomic E-state index is 6.00.